The van der Waals surface area contributed by atoms with Gasteiger partial charge in [-0.3, -0.25) is 14.6 Å². The monoisotopic (exact) mass is 377 g/mol. The molecule has 0 fully saturated rings. The second-order valence-corrected chi connectivity index (χ2v) is 6.31. The van der Waals surface area contributed by atoms with Crippen LogP contribution in [0, 0.1) is 6.92 Å². The zero-order valence-electron chi connectivity index (χ0n) is 16.9. The molecule has 0 unspecified atom stereocenters. The third-order valence-electron chi connectivity index (χ3n) is 4.02. The summed E-state index contributed by atoms with van der Waals surface area (Å²) < 4.78 is 16.2. The molecule has 6 heteroatoms. The Labute approximate surface area is 161 Å². The molecule has 0 saturated carbocycles. The van der Waals surface area contributed by atoms with Crippen LogP contribution in [0.5, 0.6) is 5.75 Å². The van der Waals surface area contributed by atoms with Crippen molar-refractivity contribution in [2.75, 3.05) is 7.11 Å². The first kappa shape index (κ1) is 22.8. The van der Waals surface area contributed by atoms with E-state index in [0.29, 0.717) is 35.4 Å². The van der Waals surface area contributed by atoms with Crippen molar-refractivity contribution < 1.29 is 23.8 Å². The van der Waals surface area contributed by atoms with E-state index in [1.165, 1.54) is 0 Å². The Hall–Kier alpha value is -2.21. The van der Waals surface area contributed by atoms with Crippen LogP contribution in [0.1, 0.15) is 69.2 Å². The molecule has 0 aliphatic carbocycles. The molecule has 0 bridgehead atoms. The molecule has 6 nitrogen and oxygen atoms in total. The van der Waals surface area contributed by atoms with E-state index in [-0.39, 0.29) is 25.2 Å². The number of ether oxygens (including phenoxy) is 3. The number of hydrogen-bond donors (Lipinski definition) is 0. The largest absolute Gasteiger partial charge is 0.461 e. The minimum atomic E-state index is -0.307. The van der Waals surface area contributed by atoms with Crippen LogP contribution in [-0.4, -0.2) is 24.0 Å². The van der Waals surface area contributed by atoms with Crippen LogP contribution in [-0.2, 0) is 32.3 Å². The van der Waals surface area contributed by atoms with Crippen LogP contribution in [0.3, 0.4) is 0 Å². The summed E-state index contributed by atoms with van der Waals surface area (Å²) in [6.07, 6.45) is 9.63. The molecule has 27 heavy (non-hydrogen) atoms. The van der Waals surface area contributed by atoms with Gasteiger partial charge in [0.1, 0.15) is 6.61 Å². The molecule has 0 saturated heterocycles. The van der Waals surface area contributed by atoms with Crippen LogP contribution < -0.4 is 4.74 Å². The molecule has 1 aromatic rings. The zero-order valence-corrected chi connectivity index (χ0v) is 16.9. The van der Waals surface area contributed by atoms with E-state index < -0.39 is 0 Å². The fraction of sp³-hybridized carbons (Fsp3) is 0.571. The van der Waals surface area contributed by atoms with Gasteiger partial charge in [0.25, 0.3) is 0 Å². The summed E-state index contributed by atoms with van der Waals surface area (Å²) in [5.41, 5.74) is 1.98. The first-order chi connectivity index (χ1) is 13.0. The number of aryl methyl sites for hydroxylation is 1. The Bertz CT molecular complexity index is 640. The van der Waals surface area contributed by atoms with Gasteiger partial charge in [-0.25, -0.2) is 0 Å². The predicted octanol–water partition coefficient (Wildman–Crippen LogP) is 4.42. The third kappa shape index (κ3) is 8.35. The summed E-state index contributed by atoms with van der Waals surface area (Å²) >= 11 is 0. The summed E-state index contributed by atoms with van der Waals surface area (Å²) in [7, 11) is 1.56. The third-order valence-corrected chi connectivity index (χ3v) is 4.02. The van der Waals surface area contributed by atoms with Crippen LogP contribution >= 0.6 is 0 Å². The predicted molar refractivity (Wildman–Crippen MR) is 103 cm³/mol. The number of esters is 2. The standard InChI is InChI=1S/C21H31NO5/c1-5-7-9-10-12-20(24)27-21-16(3)22-13-17(18(21)15-25-4)14-26-19(23)11-8-6-2/h5,7,13H,6,8-12,14-15H2,1-4H3/b7-5-. The molecular weight excluding hydrogens is 346 g/mol. The average Bonchev–Trinajstić information content (AvgIpc) is 2.65. The lowest BCUT2D eigenvalue weighted by molar-refractivity contribution is -0.145. The minimum absolute atomic E-state index is 0.0837. The van der Waals surface area contributed by atoms with E-state index in [4.69, 9.17) is 14.2 Å². The molecule has 0 radical (unpaired) electrons. The van der Waals surface area contributed by atoms with Gasteiger partial charge in [-0.2, -0.15) is 0 Å². The van der Waals surface area contributed by atoms with Crippen LogP contribution in [0.25, 0.3) is 0 Å². The molecule has 0 atom stereocenters. The van der Waals surface area contributed by atoms with E-state index in [1.807, 2.05) is 26.0 Å². The van der Waals surface area contributed by atoms with E-state index in [0.717, 1.165) is 25.7 Å². The molecule has 0 aromatic carbocycles. The number of aromatic nitrogens is 1. The number of carbonyl (C=O) groups excluding carboxylic acids is 2. The fourth-order valence-corrected chi connectivity index (χ4v) is 2.49. The number of nitrogens with zero attached hydrogens (tertiary/aromatic N) is 1. The maximum Gasteiger partial charge on any atom is 0.311 e. The fourth-order valence-electron chi connectivity index (χ4n) is 2.49. The maximum atomic E-state index is 12.2. The van der Waals surface area contributed by atoms with Gasteiger partial charge in [0.15, 0.2) is 5.75 Å². The lowest BCUT2D eigenvalue weighted by atomic mass is 10.1. The highest BCUT2D eigenvalue weighted by atomic mass is 16.5. The average molecular weight is 377 g/mol. The van der Waals surface area contributed by atoms with Crippen molar-refractivity contribution in [2.24, 2.45) is 0 Å². The van der Waals surface area contributed by atoms with Gasteiger partial charge in [-0.1, -0.05) is 25.5 Å². The normalized spacial score (nSPS) is 11.0. The highest BCUT2D eigenvalue weighted by Crippen LogP contribution is 2.27. The van der Waals surface area contributed by atoms with Crippen molar-refractivity contribution in [2.45, 2.75) is 72.5 Å². The summed E-state index contributed by atoms with van der Waals surface area (Å²) in [6, 6.07) is 0. The van der Waals surface area contributed by atoms with Gasteiger partial charge in [0.2, 0.25) is 0 Å². The number of hydrogen-bond acceptors (Lipinski definition) is 6. The molecule has 1 rings (SSSR count). The van der Waals surface area contributed by atoms with E-state index in [1.54, 1.807) is 20.2 Å². The molecule has 0 N–H and O–H groups in total. The Morgan fingerprint density at radius 3 is 2.56 bits per heavy atom. The number of unbranched alkanes of at least 4 members (excludes halogenated alkanes) is 2. The molecule has 0 aliphatic heterocycles. The van der Waals surface area contributed by atoms with Crippen molar-refractivity contribution >= 4 is 11.9 Å². The van der Waals surface area contributed by atoms with Gasteiger partial charge < -0.3 is 14.2 Å². The van der Waals surface area contributed by atoms with Crippen molar-refractivity contribution in [3.8, 4) is 5.75 Å². The highest BCUT2D eigenvalue weighted by Gasteiger charge is 2.18. The summed E-state index contributed by atoms with van der Waals surface area (Å²) in [6.45, 7) is 6.07. The smallest absolute Gasteiger partial charge is 0.311 e. The Morgan fingerprint density at radius 1 is 1.15 bits per heavy atom. The first-order valence-corrected chi connectivity index (χ1v) is 9.47. The van der Waals surface area contributed by atoms with Crippen molar-refractivity contribution in [1.29, 1.82) is 0 Å². The van der Waals surface area contributed by atoms with Crippen molar-refractivity contribution in [3.05, 3.63) is 35.2 Å². The quantitative estimate of drug-likeness (QED) is 0.305. The second-order valence-electron chi connectivity index (χ2n) is 6.31. The van der Waals surface area contributed by atoms with Crippen LogP contribution in [0.15, 0.2) is 18.3 Å². The van der Waals surface area contributed by atoms with Crippen LogP contribution in [0.2, 0.25) is 0 Å². The minimum Gasteiger partial charge on any atom is -0.461 e. The Morgan fingerprint density at radius 2 is 1.89 bits per heavy atom. The summed E-state index contributed by atoms with van der Waals surface area (Å²) in [5, 5.41) is 0. The lowest BCUT2D eigenvalue weighted by Gasteiger charge is -2.16. The molecule has 0 aliphatic rings. The number of methoxy groups -OCH3 is 1. The number of carbonyl (C=O) groups is 2. The summed E-state index contributed by atoms with van der Waals surface area (Å²) in [5.74, 6) is -0.155. The molecule has 1 aromatic heterocycles. The SMILES string of the molecule is C/C=C\CCCC(=O)Oc1c(C)ncc(COC(=O)CCCC)c1COC. The molecule has 0 amide bonds. The van der Waals surface area contributed by atoms with Crippen LogP contribution in [0.4, 0.5) is 0 Å². The molecule has 150 valence electrons. The highest BCUT2D eigenvalue weighted by molar-refractivity contribution is 5.73. The summed E-state index contributed by atoms with van der Waals surface area (Å²) in [4.78, 5) is 28.3. The Balaban J connectivity index is 2.86. The van der Waals surface area contributed by atoms with Gasteiger partial charge in [0.05, 0.1) is 12.3 Å². The Kier molecular flexibility index (Phi) is 11.0. The number of rotatable bonds is 12. The first-order valence-electron chi connectivity index (χ1n) is 9.47. The lowest BCUT2D eigenvalue weighted by Crippen LogP contribution is -2.14. The second kappa shape index (κ2) is 13.0. The van der Waals surface area contributed by atoms with Gasteiger partial charge in [0, 0.05) is 37.3 Å². The van der Waals surface area contributed by atoms with Gasteiger partial charge in [-0.05, 0) is 33.1 Å². The molecule has 1 heterocycles. The van der Waals surface area contributed by atoms with Gasteiger partial charge in [-0.15, -0.1) is 0 Å². The van der Waals surface area contributed by atoms with Crippen molar-refractivity contribution in [1.82, 2.24) is 4.98 Å². The molecule has 0 spiro atoms. The topological polar surface area (TPSA) is 74.7 Å². The number of allylic oxidation sites excluding steroid dienone is 2. The van der Waals surface area contributed by atoms with E-state index in [2.05, 4.69) is 4.98 Å². The maximum absolute atomic E-state index is 12.2. The van der Waals surface area contributed by atoms with Gasteiger partial charge >= 0.3 is 11.9 Å². The molecular formula is C21H31NO5. The zero-order chi connectivity index (χ0) is 20.1. The number of pyridine rings is 1. The van der Waals surface area contributed by atoms with E-state index in [9.17, 15) is 9.59 Å². The van der Waals surface area contributed by atoms with Crippen molar-refractivity contribution in [3.63, 3.8) is 0 Å². The van der Waals surface area contributed by atoms with E-state index >= 15 is 0 Å².